The Balaban J connectivity index is 2.04. The average Bonchev–Trinajstić information content (AvgIpc) is 2.82. The quantitative estimate of drug-likeness (QED) is 0.876. The third-order valence-electron chi connectivity index (χ3n) is 3.99. The predicted octanol–water partition coefficient (Wildman–Crippen LogP) is 4.26. The second kappa shape index (κ2) is 4.73. The molecule has 3 rings (SSSR count). The molecule has 1 N–H and O–H groups in total. The number of aliphatic carboxylic acids is 1. The lowest BCUT2D eigenvalue weighted by Crippen LogP contribution is -2.25. The predicted molar refractivity (Wildman–Crippen MR) is 74.2 cm³/mol. The SMILES string of the molecule is O=C(O)C1CCCCC1c1csc2ccccc12. The molecular formula is C15H16O2S. The van der Waals surface area contributed by atoms with Crippen molar-refractivity contribution < 1.29 is 9.90 Å². The van der Waals surface area contributed by atoms with Crippen molar-refractivity contribution >= 4 is 27.4 Å². The van der Waals surface area contributed by atoms with E-state index in [0.717, 1.165) is 25.7 Å². The van der Waals surface area contributed by atoms with Gasteiger partial charge in [0, 0.05) is 4.70 Å². The van der Waals surface area contributed by atoms with Crippen molar-refractivity contribution in [2.24, 2.45) is 5.92 Å². The van der Waals surface area contributed by atoms with Crippen LogP contribution in [0.3, 0.4) is 0 Å². The number of carboxylic acids is 1. The van der Waals surface area contributed by atoms with Gasteiger partial charge in [-0.3, -0.25) is 4.79 Å². The lowest BCUT2D eigenvalue weighted by molar-refractivity contribution is -0.143. The molecular weight excluding hydrogens is 244 g/mol. The molecule has 2 atom stereocenters. The van der Waals surface area contributed by atoms with Crippen molar-refractivity contribution in [3.05, 3.63) is 35.2 Å². The summed E-state index contributed by atoms with van der Waals surface area (Å²) in [4.78, 5) is 11.4. The molecule has 0 aliphatic heterocycles. The van der Waals surface area contributed by atoms with Gasteiger partial charge in [0.25, 0.3) is 0 Å². The first kappa shape index (κ1) is 11.7. The molecule has 18 heavy (non-hydrogen) atoms. The van der Waals surface area contributed by atoms with Crippen LogP contribution >= 0.6 is 11.3 Å². The van der Waals surface area contributed by atoms with Crippen LogP contribution in [-0.4, -0.2) is 11.1 Å². The zero-order valence-electron chi connectivity index (χ0n) is 10.1. The molecule has 2 nitrogen and oxygen atoms in total. The van der Waals surface area contributed by atoms with E-state index in [1.54, 1.807) is 11.3 Å². The first-order chi connectivity index (χ1) is 8.77. The molecule has 0 amide bonds. The number of rotatable bonds is 2. The highest BCUT2D eigenvalue weighted by atomic mass is 32.1. The van der Waals surface area contributed by atoms with Crippen LogP contribution in [0.5, 0.6) is 0 Å². The second-order valence-corrected chi connectivity index (χ2v) is 5.93. The molecule has 0 spiro atoms. The summed E-state index contributed by atoms with van der Waals surface area (Å²) in [6.07, 6.45) is 4.04. The maximum Gasteiger partial charge on any atom is 0.307 e. The first-order valence-electron chi connectivity index (χ1n) is 6.46. The molecule has 2 unspecified atom stereocenters. The summed E-state index contributed by atoms with van der Waals surface area (Å²) in [5.41, 5.74) is 1.25. The van der Waals surface area contributed by atoms with Gasteiger partial charge in [0.2, 0.25) is 0 Å². The first-order valence-corrected chi connectivity index (χ1v) is 7.34. The van der Waals surface area contributed by atoms with Crippen molar-refractivity contribution in [3.63, 3.8) is 0 Å². The molecule has 0 radical (unpaired) electrons. The Labute approximate surface area is 110 Å². The Morgan fingerprint density at radius 1 is 1.22 bits per heavy atom. The van der Waals surface area contributed by atoms with Gasteiger partial charge in [0.05, 0.1) is 5.92 Å². The molecule has 3 heteroatoms. The molecule has 1 fully saturated rings. The van der Waals surface area contributed by atoms with Gasteiger partial charge in [0.15, 0.2) is 0 Å². The number of thiophene rings is 1. The van der Waals surface area contributed by atoms with Gasteiger partial charge in [-0.15, -0.1) is 11.3 Å². The van der Waals surface area contributed by atoms with Gasteiger partial charge in [0.1, 0.15) is 0 Å². The Kier molecular flexibility index (Phi) is 3.08. The summed E-state index contributed by atoms with van der Waals surface area (Å²) >= 11 is 1.73. The van der Waals surface area contributed by atoms with Crippen molar-refractivity contribution in [1.82, 2.24) is 0 Å². The summed E-state index contributed by atoms with van der Waals surface area (Å²) < 4.78 is 1.27. The summed E-state index contributed by atoms with van der Waals surface area (Å²) in [5, 5.41) is 12.8. The molecule has 0 bridgehead atoms. The van der Waals surface area contributed by atoms with Crippen LogP contribution in [0.25, 0.3) is 10.1 Å². The summed E-state index contributed by atoms with van der Waals surface area (Å²) in [6.45, 7) is 0. The van der Waals surface area contributed by atoms with Crippen LogP contribution in [0.2, 0.25) is 0 Å². The van der Waals surface area contributed by atoms with E-state index in [2.05, 4.69) is 17.5 Å². The third kappa shape index (κ3) is 1.93. The van der Waals surface area contributed by atoms with Gasteiger partial charge < -0.3 is 5.11 Å². The molecule has 94 valence electrons. The normalized spacial score (nSPS) is 24.2. The lowest BCUT2D eigenvalue weighted by atomic mass is 9.75. The minimum absolute atomic E-state index is 0.197. The highest BCUT2D eigenvalue weighted by Gasteiger charge is 2.33. The van der Waals surface area contributed by atoms with Crippen molar-refractivity contribution in [2.45, 2.75) is 31.6 Å². The van der Waals surface area contributed by atoms with Gasteiger partial charge in [-0.1, -0.05) is 31.0 Å². The third-order valence-corrected chi connectivity index (χ3v) is 4.98. The number of fused-ring (bicyclic) bond motifs is 1. The van der Waals surface area contributed by atoms with E-state index in [1.165, 1.54) is 15.6 Å². The van der Waals surface area contributed by atoms with E-state index in [1.807, 2.05) is 12.1 Å². The largest absolute Gasteiger partial charge is 0.481 e. The fourth-order valence-corrected chi connectivity index (χ4v) is 4.11. The number of benzene rings is 1. The summed E-state index contributed by atoms with van der Waals surface area (Å²) in [7, 11) is 0. The van der Waals surface area contributed by atoms with Gasteiger partial charge >= 0.3 is 5.97 Å². The molecule has 1 aliphatic carbocycles. The second-order valence-electron chi connectivity index (χ2n) is 5.02. The van der Waals surface area contributed by atoms with Crippen molar-refractivity contribution in [1.29, 1.82) is 0 Å². The number of carboxylic acid groups (broad SMARTS) is 1. The van der Waals surface area contributed by atoms with Crippen molar-refractivity contribution in [3.8, 4) is 0 Å². The number of hydrogen-bond donors (Lipinski definition) is 1. The monoisotopic (exact) mass is 260 g/mol. The Morgan fingerprint density at radius 2 is 2.00 bits per heavy atom. The summed E-state index contributed by atoms with van der Waals surface area (Å²) in [5.74, 6) is -0.626. The van der Waals surface area contributed by atoms with Crippen LogP contribution in [0.4, 0.5) is 0 Å². The molecule has 0 saturated heterocycles. The lowest BCUT2D eigenvalue weighted by Gasteiger charge is -2.28. The maximum absolute atomic E-state index is 11.4. The molecule has 1 aromatic heterocycles. The van der Waals surface area contributed by atoms with E-state index < -0.39 is 5.97 Å². The molecule has 2 aromatic rings. The molecule has 1 aromatic carbocycles. The Morgan fingerprint density at radius 3 is 2.83 bits per heavy atom. The molecule has 1 aliphatic rings. The van der Waals surface area contributed by atoms with E-state index in [9.17, 15) is 9.90 Å². The van der Waals surface area contributed by atoms with Crippen molar-refractivity contribution in [2.75, 3.05) is 0 Å². The van der Waals surface area contributed by atoms with Crippen LogP contribution in [0.15, 0.2) is 29.6 Å². The van der Waals surface area contributed by atoms with Gasteiger partial charge in [-0.25, -0.2) is 0 Å². The fourth-order valence-electron chi connectivity index (χ4n) is 3.08. The minimum atomic E-state index is -0.630. The Hall–Kier alpha value is -1.35. The highest BCUT2D eigenvalue weighted by Crippen LogP contribution is 2.42. The highest BCUT2D eigenvalue weighted by molar-refractivity contribution is 7.17. The average molecular weight is 260 g/mol. The summed E-state index contributed by atoms with van der Waals surface area (Å²) in [6, 6.07) is 8.31. The topological polar surface area (TPSA) is 37.3 Å². The fraction of sp³-hybridized carbons (Fsp3) is 0.400. The van der Waals surface area contributed by atoms with Crippen LogP contribution < -0.4 is 0 Å². The smallest absolute Gasteiger partial charge is 0.307 e. The molecule has 1 saturated carbocycles. The van der Waals surface area contributed by atoms with Gasteiger partial charge in [-0.2, -0.15) is 0 Å². The van der Waals surface area contributed by atoms with Crippen LogP contribution in [-0.2, 0) is 4.79 Å². The maximum atomic E-state index is 11.4. The van der Waals surface area contributed by atoms with E-state index in [4.69, 9.17) is 0 Å². The van der Waals surface area contributed by atoms with Gasteiger partial charge in [-0.05, 0) is 41.2 Å². The van der Waals surface area contributed by atoms with E-state index in [-0.39, 0.29) is 11.8 Å². The van der Waals surface area contributed by atoms with Crippen LogP contribution in [0, 0.1) is 5.92 Å². The number of hydrogen-bond acceptors (Lipinski definition) is 2. The molecule has 1 heterocycles. The van der Waals surface area contributed by atoms with Crippen LogP contribution in [0.1, 0.15) is 37.2 Å². The Bertz CT molecular complexity index is 573. The standard InChI is InChI=1S/C15H16O2S/c16-15(17)12-7-2-1-5-10(12)13-9-18-14-8-4-3-6-11(13)14/h3-4,6,8-10,12H,1-2,5,7H2,(H,16,17). The van der Waals surface area contributed by atoms with E-state index in [0.29, 0.717) is 0 Å². The zero-order valence-corrected chi connectivity index (χ0v) is 11.0. The zero-order chi connectivity index (χ0) is 12.5. The van der Waals surface area contributed by atoms with E-state index >= 15 is 0 Å². The minimum Gasteiger partial charge on any atom is -0.481 e. The number of carbonyl (C=O) groups is 1.